The Morgan fingerprint density at radius 2 is 1.06 bits per heavy atom. The van der Waals surface area contributed by atoms with Gasteiger partial charge in [-0.05, 0) is 0 Å². The maximum absolute atomic E-state index is 8.89. The summed E-state index contributed by atoms with van der Waals surface area (Å²) in [7, 11) is 8.35. The Labute approximate surface area is 105 Å². The fourth-order valence-corrected chi connectivity index (χ4v) is 1.49. The standard InChI is InChI=1S/C12H30N2O3/c1-13(2,5-9-15)7-11-17-12-8-14(3,4)6-10-16/h15-16H,5-12H2,1-4H3/q+2. The first-order chi connectivity index (χ1) is 7.83. The summed E-state index contributed by atoms with van der Waals surface area (Å²) in [6.45, 7) is 5.20. The molecule has 0 aliphatic carbocycles. The van der Waals surface area contributed by atoms with Gasteiger partial charge in [-0.25, -0.2) is 0 Å². The lowest BCUT2D eigenvalue weighted by atomic mass is 10.4. The third kappa shape index (κ3) is 9.50. The monoisotopic (exact) mass is 250 g/mol. The Morgan fingerprint density at radius 3 is 1.35 bits per heavy atom. The van der Waals surface area contributed by atoms with Gasteiger partial charge in [-0.2, -0.15) is 0 Å². The average Bonchev–Trinajstić information content (AvgIpc) is 2.16. The van der Waals surface area contributed by atoms with Crippen LogP contribution in [0.25, 0.3) is 0 Å². The second-order valence-corrected chi connectivity index (χ2v) is 5.83. The summed E-state index contributed by atoms with van der Waals surface area (Å²) >= 11 is 0. The Kier molecular flexibility index (Phi) is 7.91. The maximum atomic E-state index is 8.89. The van der Waals surface area contributed by atoms with E-state index in [0.717, 1.165) is 35.1 Å². The summed E-state index contributed by atoms with van der Waals surface area (Å²) in [6.07, 6.45) is 0. The first-order valence-electron chi connectivity index (χ1n) is 6.26. The van der Waals surface area contributed by atoms with E-state index in [1.54, 1.807) is 0 Å². The van der Waals surface area contributed by atoms with Gasteiger partial charge in [0, 0.05) is 0 Å². The van der Waals surface area contributed by atoms with Gasteiger partial charge in [0.05, 0.1) is 54.6 Å². The molecule has 0 spiro atoms. The molecule has 0 aromatic carbocycles. The summed E-state index contributed by atoms with van der Waals surface area (Å²) in [5.74, 6) is 0. The number of aliphatic hydroxyl groups excluding tert-OH is 2. The zero-order valence-electron chi connectivity index (χ0n) is 11.9. The van der Waals surface area contributed by atoms with Crippen molar-refractivity contribution in [3.63, 3.8) is 0 Å². The van der Waals surface area contributed by atoms with Gasteiger partial charge in [0.15, 0.2) is 0 Å². The van der Waals surface area contributed by atoms with Crippen molar-refractivity contribution < 1.29 is 23.9 Å². The molecule has 0 aliphatic rings. The van der Waals surface area contributed by atoms with Crippen LogP contribution in [0.3, 0.4) is 0 Å². The van der Waals surface area contributed by atoms with Crippen LogP contribution in [0.5, 0.6) is 0 Å². The van der Waals surface area contributed by atoms with E-state index < -0.39 is 0 Å². The quantitative estimate of drug-likeness (QED) is 0.392. The number of aliphatic hydroxyl groups is 2. The minimum atomic E-state index is 0.216. The molecule has 5 heteroatoms. The van der Waals surface area contributed by atoms with E-state index in [1.807, 2.05) is 0 Å². The van der Waals surface area contributed by atoms with E-state index in [0.29, 0.717) is 13.2 Å². The fraction of sp³-hybridized carbons (Fsp3) is 1.00. The van der Waals surface area contributed by atoms with Crippen molar-refractivity contribution in [1.82, 2.24) is 0 Å². The van der Waals surface area contributed by atoms with E-state index in [1.165, 1.54) is 0 Å². The minimum Gasteiger partial charge on any atom is -0.391 e. The summed E-state index contributed by atoms with van der Waals surface area (Å²) < 4.78 is 7.17. The van der Waals surface area contributed by atoms with Gasteiger partial charge in [0.1, 0.15) is 26.2 Å². The van der Waals surface area contributed by atoms with Gasteiger partial charge >= 0.3 is 0 Å². The molecule has 5 nitrogen and oxygen atoms in total. The van der Waals surface area contributed by atoms with Gasteiger partial charge in [-0.1, -0.05) is 0 Å². The van der Waals surface area contributed by atoms with Crippen LogP contribution in [0.4, 0.5) is 0 Å². The molecule has 104 valence electrons. The van der Waals surface area contributed by atoms with E-state index in [2.05, 4.69) is 28.2 Å². The molecule has 0 saturated heterocycles. The molecule has 0 rings (SSSR count). The van der Waals surface area contributed by atoms with Gasteiger partial charge in [0.2, 0.25) is 0 Å². The first kappa shape index (κ1) is 16.8. The number of hydrogen-bond acceptors (Lipinski definition) is 3. The molecule has 0 aromatic rings. The fourth-order valence-electron chi connectivity index (χ4n) is 1.49. The molecule has 2 N–H and O–H groups in total. The summed E-state index contributed by atoms with van der Waals surface area (Å²) in [5, 5.41) is 17.8. The van der Waals surface area contributed by atoms with Gasteiger partial charge in [-0.3, -0.25) is 0 Å². The zero-order valence-corrected chi connectivity index (χ0v) is 11.9. The number of nitrogens with zero attached hydrogens (tertiary/aromatic N) is 2. The number of quaternary nitrogens is 2. The highest BCUT2D eigenvalue weighted by atomic mass is 16.5. The molecule has 0 saturated carbocycles. The molecule has 0 fully saturated rings. The Bertz CT molecular complexity index is 176. The van der Waals surface area contributed by atoms with Crippen molar-refractivity contribution in [2.24, 2.45) is 0 Å². The van der Waals surface area contributed by atoms with Crippen molar-refractivity contribution in [2.75, 3.05) is 80.8 Å². The molecular formula is C12H30N2O3+2. The van der Waals surface area contributed by atoms with E-state index in [4.69, 9.17) is 14.9 Å². The molecule has 0 aliphatic heterocycles. The number of likely N-dealkylation sites (N-methyl/N-ethyl adjacent to an activating group) is 2. The minimum absolute atomic E-state index is 0.216. The van der Waals surface area contributed by atoms with Gasteiger partial charge in [0.25, 0.3) is 0 Å². The lowest BCUT2D eigenvalue weighted by Gasteiger charge is -2.30. The lowest BCUT2D eigenvalue weighted by Crippen LogP contribution is -2.46. The molecule has 0 amide bonds. The van der Waals surface area contributed by atoms with Crippen LogP contribution < -0.4 is 0 Å². The summed E-state index contributed by atoms with van der Waals surface area (Å²) in [4.78, 5) is 0. The maximum Gasteiger partial charge on any atom is 0.102 e. The van der Waals surface area contributed by atoms with Crippen molar-refractivity contribution in [3.8, 4) is 0 Å². The van der Waals surface area contributed by atoms with Crippen LogP contribution in [-0.4, -0.2) is 100.0 Å². The molecule has 0 aromatic heterocycles. The molecule has 0 atom stereocenters. The van der Waals surface area contributed by atoms with Crippen LogP contribution >= 0.6 is 0 Å². The number of ether oxygens (including phenoxy) is 1. The van der Waals surface area contributed by atoms with Crippen LogP contribution in [0.15, 0.2) is 0 Å². The second-order valence-electron chi connectivity index (χ2n) is 5.83. The molecule has 17 heavy (non-hydrogen) atoms. The van der Waals surface area contributed by atoms with Crippen LogP contribution in [0.1, 0.15) is 0 Å². The van der Waals surface area contributed by atoms with Crippen LogP contribution in [-0.2, 0) is 4.74 Å². The average molecular weight is 250 g/mol. The lowest BCUT2D eigenvalue weighted by molar-refractivity contribution is -0.894. The van der Waals surface area contributed by atoms with E-state index >= 15 is 0 Å². The normalized spacial score (nSPS) is 13.1. The number of hydrogen-bond donors (Lipinski definition) is 2. The molecule has 0 unspecified atom stereocenters. The third-order valence-electron chi connectivity index (χ3n) is 3.09. The largest absolute Gasteiger partial charge is 0.391 e. The Balaban J connectivity index is 3.58. The first-order valence-corrected chi connectivity index (χ1v) is 6.26. The third-order valence-corrected chi connectivity index (χ3v) is 3.09. The van der Waals surface area contributed by atoms with E-state index in [-0.39, 0.29) is 13.2 Å². The smallest absolute Gasteiger partial charge is 0.102 e. The zero-order chi connectivity index (χ0) is 13.4. The molecular weight excluding hydrogens is 220 g/mol. The molecule has 0 heterocycles. The van der Waals surface area contributed by atoms with Crippen LogP contribution in [0, 0.1) is 0 Å². The van der Waals surface area contributed by atoms with Gasteiger partial charge < -0.3 is 23.9 Å². The second kappa shape index (κ2) is 8.00. The highest BCUT2D eigenvalue weighted by Gasteiger charge is 2.15. The predicted molar refractivity (Wildman–Crippen MR) is 68.7 cm³/mol. The van der Waals surface area contributed by atoms with Crippen molar-refractivity contribution in [1.29, 1.82) is 0 Å². The van der Waals surface area contributed by atoms with Crippen molar-refractivity contribution >= 4 is 0 Å². The Morgan fingerprint density at radius 1 is 0.706 bits per heavy atom. The number of rotatable bonds is 10. The topological polar surface area (TPSA) is 49.7 Å². The highest BCUT2D eigenvalue weighted by Crippen LogP contribution is 1.98. The van der Waals surface area contributed by atoms with Gasteiger partial charge in [-0.15, -0.1) is 0 Å². The highest BCUT2D eigenvalue weighted by molar-refractivity contribution is 4.37. The summed E-state index contributed by atoms with van der Waals surface area (Å²) in [6, 6.07) is 0. The van der Waals surface area contributed by atoms with E-state index in [9.17, 15) is 0 Å². The molecule has 0 radical (unpaired) electrons. The summed E-state index contributed by atoms with van der Waals surface area (Å²) in [5.41, 5.74) is 0. The molecule has 0 bridgehead atoms. The SMILES string of the molecule is C[N+](C)(CCO)CCOCC[N+](C)(C)CCO. The van der Waals surface area contributed by atoms with Crippen molar-refractivity contribution in [3.05, 3.63) is 0 Å². The van der Waals surface area contributed by atoms with Crippen molar-refractivity contribution in [2.45, 2.75) is 0 Å². The predicted octanol–water partition coefficient (Wildman–Crippen LogP) is -0.860. The Hall–Kier alpha value is -0.200. The van der Waals surface area contributed by atoms with Crippen LogP contribution in [0.2, 0.25) is 0 Å².